The average molecular weight is 355 g/mol. The van der Waals surface area contributed by atoms with Gasteiger partial charge in [0.1, 0.15) is 0 Å². The van der Waals surface area contributed by atoms with Crippen LogP contribution < -0.4 is 10.6 Å². The summed E-state index contributed by atoms with van der Waals surface area (Å²) in [7, 11) is 0. The predicted octanol–water partition coefficient (Wildman–Crippen LogP) is 2.70. The molecule has 1 aromatic carbocycles. The SMILES string of the molecule is O=C(CCc1ncc(-c2ccccc2)o1)NCCNC(=O)C1CCCC1. The van der Waals surface area contributed by atoms with Gasteiger partial charge in [-0.25, -0.2) is 4.98 Å². The molecule has 6 nitrogen and oxygen atoms in total. The molecule has 0 spiro atoms. The van der Waals surface area contributed by atoms with E-state index < -0.39 is 0 Å². The highest BCUT2D eigenvalue weighted by molar-refractivity contribution is 5.79. The van der Waals surface area contributed by atoms with Gasteiger partial charge in [-0.3, -0.25) is 9.59 Å². The van der Waals surface area contributed by atoms with Gasteiger partial charge in [0.25, 0.3) is 0 Å². The average Bonchev–Trinajstić information content (AvgIpc) is 3.36. The number of aryl methyl sites for hydroxylation is 1. The molecule has 2 N–H and O–H groups in total. The lowest BCUT2D eigenvalue weighted by atomic mass is 10.1. The maximum Gasteiger partial charge on any atom is 0.223 e. The number of oxazole rings is 1. The van der Waals surface area contributed by atoms with Crippen molar-refractivity contribution in [1.29, 1.82) is 0 Å². The lowest BCUT2D eigenvalue weighted by molar-refractivity contribution is -0.125. The van der Waals surface area contributed by atoms with Gasteiger partial charge in [-0.1, -0.05) is 43.2 Å². The summed E-state index contributed by atoms with van der Waals surface area (Å²) in [6.07, 6.45) is 6.70. The monoisotopic (exact) mass is 355 g/mol. The second-order valence-electron chi connectivity index (χ2n) is 6.61. The minimum absolute atomic E-state index is 0.0698. The summed E-state index contributed by atoms with van der Waals surface area (Å²) < 4.78 is 5.69. The Kier molecular flexibility index (Phi) is 6.41. The third-order valence-electron chi connectivity index (χ3n) is 4.65. The van der Waals surface area contributed by atoms with Gasteiger partial charge in [-0.2, -0.15) is 0 Å². The molecule has 1 aromatic heterocycles. The van der Waals surface area contributed by atoms with Crippen LogP contribution in [0, 0.1) is 5.92 Å². The van der Waals surface area contributed by atoms with Gasteiger partial charge in [0.2, 0.25) is 11.8 Å². The lowest BCUT2D eigenvalue weighted by Gasteiger charge is -2.10. The van der Waals surface area contributed by atoms with Gasteiger partial charge in [0.15, 0.2) is 11.7 Å². The molecule has 0 saturated heterocycles. The highest BCUT2D eigenvalue weighted by Gasteiger charge is 2.21. The number of carbonyl (C=O) groups is 2. The molecule has 0 bridgehead atoms. The maximum atomic E-state index is 11.9. The molecule has 3 rings (SSSR count). The Labute approximate surface area is 153 Å². The largest absolute Gasteiger partial charge is 0.441 e. The molecule has 0 aliphatic heterocycles. The van der Waals surface area contributed by atoms with Gasteiger partial charge in [-0.05, 0) is 12.8 Å². The van der Waals surface area contributed by atoms with Crippen LogP contribution in [0.1, 0.15) is 38.0 Å². The number of benzene rings is 1. The first-order valence-electron chi connectivity index (χ1n) is 9.27. The molecule has 1 heterocycles. The van der Waals surface area contributed by atoms with Gasteiger partial charge in [-0.15, -0.1) is 0 Å². The fourth-order valence-corrected chi connectivity index (χ4v) is 3.19. The molecule has 1 aliphatic carbocycles. The van der Waals surface area contributed by atoms with Crippen molar-refractivity contribution in [2.45, 2.75) is 38.5 Å². The number of amides is 2. The van der Waals surface area contributed by atoms with E-state index in [-0.39, 0.29) is 17.7 Å². The number of hydrogen-bond donors (Lipinski definition) is 2. The second-order valence-corrected chi connectivity index (χ2v) is 6.61. The Morgan fingerprint density at radius 3 is 2.58 bits per heavy atom. The van der Waals surface area contributed by atoms with E-state index in [0.29, 0.717) is 37.6 Å². The number of hydrogen-bond acceptors (Lipinski definition) is 4. The zero-order valence-electron chi connectivity index (χ0n) is 14.9. The molecule has 6 heteroatoms. The quantitative estimate of drug-likeness (QED) is 0.713. The standard InChI is InChI=1S/C20H25N3O3/c24-18(21-12-13-22-20(25)16-8-4-5-9-16)10-11-19-23-14-17(26-19)15-6-2-1-3-7-15/h1-3,6-7,14,16H,4-5,8-13H2,(H,21,24)(H,22,25). The molecular formula is C20H25N3O3. The first kappa shape index (κ1) is 18.2. The van der Waals surface area contributed by atoms with Crippen LogP contribution in [0.3, 0.4) is 0 Å². The van der Waals surface area contributed by atoms with Crippen molar-refractivity contribution in [3.8, 4) is 11.3 Å². The van der Waals surface area contributed by atoms with Crippen LogP contribution in [0.5, 0.6) is 0 Å². The Balaban J connectivity index is 1.33. The minimum Gasteiger partial charge on any atom is -0.441 e. The molecular weight excluding hydrogens is 330 g/mol. The Morgan fingerprint density at radius 1 is 1.08 bits per heavy atom. The van der Waals surface area contributed by atoms with E-state index in [0.717, 1.165) is 31.2 Å². The van der Waals surface area contributed by atoms with Crippen molar-refractivity contribution >= 4 is 11.8 Å². The van der Waals surface area contributed by atoms with E-state index >= 15 is 0 Å². The zero-order valence-corrected chi connectivity index (χ0v) is 14.9. The molecule has 26 heavy (non-hydrogen) atoms. The number of aromatic nitrogens is 1. The van der Waals surface area contributed by atoms with Crippen LogP contribution in [-0.2, 0) is 16.0 Å². The number of nitrogens with zero attached hydrogens (tertiary/aromatic N) is 1. The first-order valence-corrected chi connectivity index (χ1v) is 9.27. The van der Waals surface area contributed by atoms with Crippen LogP contribution in [0.25, 0.3) is 11.3 Å². The Bertz CT molecular complexity index is 721. The van der Waals surface area contributed by atoms with Crippen molar-refractivity contribution in [2.75, 3.05) is 13.1 Å². The summed E-state index contributed by atoms with van der Waals surface area (Å²) >= 11 is 0. The van der Waals surface area contributed by atoms with Gasteiger partial charge in [0, 0.05) is 37.4 Å². The summed E-state index contributed by atoms with van der Waals surface area (Å²) in [5.74, 6) is 1.46. The zero-order chi connectivity index (χ0) is 18.2. The van der Waals surface area contributed by atoms with Crippen LogP contribution in [0.4, 0.5) is 0 Å². The summed E-state index contributed by atoms with van der Waals surface area (Å²) in [5.41, 5.74) is 0.966. The Hall–Kier alpha value is -2.63. The third-order valence-corrected chi connectivity index (χ3v) is 4.65. The van der Waals surface area contributed by atoms with Gasteiger partial charge < -0.3 is 15.1 Å². The van der Waals surface area contributed by atoms with Crippen LogP contribution in [0.2, 0.25) is 0 Å². The molecule has 2 aromatic rings. The fraction of sp³-hybridized carbons (Fsp3) is 0.450. The molecule has 0 atom stereocenters. The summed E-state index contributed by atoms with van der Waals surface area (Å²) in [6.45, 7) is 0.913. The van der Waals surface area contributed by atoms with E-state index in [4.69, 9.17) is 4.42 Å². The number of nitrogens with one attached hydrogen (secondary N) is 2. The van der Waals surface area contributed by atoms with Gasteiger partial charge in [0.05, 0.1) is 6.20 Å². The molecule has 0 unspecified atom stereocenters. The normalized spacial score (nSPS) is 14.3. The van der Waals surface area contributed by atoms with Crippen molar-refractivity contribution < 1.29 is 14.0 Å². The summed E-state index contributed by atoms with van der Waals surface area (Å²) in [6, 6.07) is 9.74. The minimum atomic E-state index is -0.0698. The van der Waals surface area contributed by atoms with Crippen molar-refractivity contribution in [3.63, 3.8) is 0 Å². The number of rotatable bonds is 8. The fourth-order valence-electron chi connectivity index (χ4n) is 3.19. The van der Waals surface area contributed by atoms with Crippen LogP contribution in [0.15, 0.2) is 40.9 Å². The highest BCUT2D eigenvalue weighted by Crippen LogP contribution is 2.24. The second kappa shape index (κ2) is 9.17. The molecule has 138 valence electrons. The number of carbonyl (C=O) groups excluding carboxylic acids is 2. The van der Waals surface area contributed by atoms with Crippen LogP contribution >= 0.6 is 0 Å². The van der Waals surface area contributed by atoms with Gasteiger partial charge >= 0.3 is 0 Å². The molecule has 0 radical (unpaired) electrons. The molecule has 1 fully saturated rings. The van der Waals surface area contributed by atoms with E-state index in [9.17, 15) is 9.59 Å². The van der Waals surface area contributed by atoms with Crippen molar-refractivity contribution in [1.82, 2.24) is 15.6 Å². The van der Waals surface area contributed by atoms with Crippen LogP contribution in [-0.4, -0.2) is 29.9 Å². The maximum absolute atomic E-state index is 11.9. The third kappa shape index (κ3) is 5.18. The summed E-state index contributed by atoms with van der Waals surface area (Å²) in [5, 5.41) is 5.70. The molecule has 1 saturated carbocycles. The van der Waals surface area contributed by atoms with E-state index in [1.54, 1.807) is 6.20 Å². The predicted molar refractivity (Wildman–Crippen MR) is 98.2 cm³/mol. The van der Waals surface area contributed by atoms with Crippen molar-refractivity contribution in [2.24, 2.45) is 5.92 Å². The van der Waals surface area contributed by atoms with E-state index in [1.807, 2.05) is 30.3 Å². The smallest absolute Gasteiger partial charge is 0.223 e. The summed E-state index contributed by atoms with van der Waals surface area (Å²) in [4.78, 5) is 28.0. The lowest BCUT2D eigenvalue weighted by Crippen LogP contribution is -2.37. The Morgan fingerprint density at radius 2 is 1.81 bits per heavy atom. The first-order chi connectivity index (χ1) is 12.7. The molecule has 1 aliphatic rings. The van der Waals surface area contributed by atoms with E-state index in [1.165, 1.54) is 0 Å². The highest BCUT2D eigenvalue weighted by atomic mass is 16.4. The molecule has 2 amide bonds. The van der Waals surface area contributed by atoms with E-state index in [2.05, 4.69) is 15.6 Å². The van der Waals surface area contributed by atoms with Crippen molar-refractivity contribution in [3.05, 3.63) is 42.4 Å². The topological polar surface area (TPSA) is 84.2 Å².